The monoisotopic (exact) mass is 344 g/mol. The molecule has 0 bridgehead atoms. The van der Waals surface area contributed by atoms with Gasteiger partial charge in [0, 0.05) is 31.5 Å². The van der Waals surface area contributed by atoms with Crippen molar-refractivity contribution in [2.75, 3.05) is 18.8 Å². The summed E-state index contributed by atoms with van der Waals surface area (Å²) in [5, 5.41) is 0. The summed E-state index contributed by atoms with van der Waals surface area (Å²) in [5.41, 5.74) is 0.688. The highest BCUT2D eigenvalue weighted by Gasteiger charge is 2.51. The highest BCUT2D eigenvalue weighted by Crippen LogP contribution is 2.46. The fraction of sp³-hybridized carbons (Fsp3) is 0.444. The van der Waals surface area contributed by atoms with Crippen LogP contribution in [-0.2, 0) is 0 Å². The molecule has 0 N–H and O–H groups in total. The second-order valence-corrected chi connectivity index (χ2v) is 8.10. The molecule has 0 aromatic carbocycles. The van der Waals surface area contributed by atoms with Gasteiger partial charge in [0.15, 0.2) is 0 Å². The number of hydrogen-bond acceptors (Lipinski definition) is 5. The van der Waals surface area contributed by atoms with Gasteiger partial charge in [-0.15, -0.1) is 11.8 Å². The van der Waals surface area contributed by atoms with Gasteiger partial charge in [-0.3, -0.25) is 9.78 Å². The third-order valence-electron chi connectivity index (χ3n) is 4.63. The van der Waals surface area contributed by atoms with E-state index in [0.717, 1.165) is 36.8 Å². The smallest absolute Gasteiger partial charge is 0.257 e. The molecule has 126 valence electrons. The van der Waals surface area contributed by atoms with Crippen LogP contribution in [0.5, 0.6) is 5.75 Å². The number of aryl methyl sites for hydroxylation is 2. The van der Waals surface area contributed by atoms with E-state index in [2.05, 4.69) is 4.98 Å². The average Bonchev–Trinajstić information content (AvgIpc) is 3.10. The van der Waals surface area contributed by atoms with E-state index in [4.69, 9.17) is 9.15 Å². The third kappa shape index (κ3) is 2.79. The first-order valence-electron chi connectivity index (χ1n) is 8.12. The van der Waals surface area contributed by atoms with Crippen LogP contribution in [-0.4, -0.2) is 45.5 Å². The minimum Gasteiger partial charge on any atom is -0.488 e. The Labute approximate surface area is 145 Å². The molecule has 2 aromatic rings. The summed E-state index contributed by atoms with van der Waals surface area (Å²) >= 11 is 1.92. The summed E-state index contributed by atoms with van der Waals surface area (Å²) < 4.78 is 11.6. The highest BCUT2D eigenvalue weighted by molar-refractivity contribution is 8.01. The number of hydrogen-bond donors (Lipinski definition) is 0. The number of carbonyl (C=O) groups is 1. The van der Waals surface area contributed by atoms with E-state index in [1.807, 2.05) is 48.7 Å². The van der Waals surface area contributed by atoms with E-state index in [-0.39, 0.29) is 16.8 Å². The number of pyridine rings is 1. The Bertz CT molecular complexity index is 753. The number of nitrogens with zero attached hydrogens (tertiary/aromatic N) is 2. The quantitative estimate of drug-likeness (QED) is 0.856. The van der Waals surface area contributed by atoms with Crippen LogP contribution in [0.25, 0.3) is 0 Å². The minimum absolute atomic E-state index is 0.0761. The first-order chi connectivity index (χ1) is 11.5. The molecule has 6 heteroatoms. The van der Waals surface area contributed by atoms with Crippen molar-refractivity contribution >= 4 is 17.7 Å². The van der Waals surface area contributed by atoms with Gasteiger partial charge in [-0.05, 0) is 32.0 Å². The number of ether oxygens (including phenoxy) is 1. The lowest BCUT2D eigenvalue weighted by Crippen LogP contribution is -2.60. The lowest BCUT2D eigenvalue weighted by Gasteiger charge is -2.47. The predicted octanol–water partition coefficient (Wildman–Crippen LogP) is 3.07. The van der Waals surface area contributed by atoms with Gasteiger partial charge in [0.05, 0.1) is 16.5 Å². The van der Waals surface area contributed by atoms with Crippen molar-refractivity contribution in [3.63, 3.8) is 0 Å². The Balaban J connectivity index is 1.35. The standard InChI is InChI=1S/C18H20N2O3S/c1-12-6-16(13(2)22-12)17(21)20-10-18(11-20)7-15(9-24-18)23-14-4-3-5-19-8-14/h3-6,8,15H,7,9-11H2,1-2H3/t15-/m0/s1. The summed E-state index contributed by atoms with van der Waals surface area (Å²) in [4.78, 5) is 18.6. The van der Waals surface area contributed by atoms with E-state index >= 15 is 0 Å². The van der Waals surface area contributed by atoms with Crippen molar-refractivity contribution < 1.29 is 13.9 Å². The van der Waals surface area contributed by atoms with Crippen molar-refractivity contribution in [1.82, 2.24) is 9.88 Å². The van der Waals surface area contributed by atoms with Gasteiger partial charge in [0.2, 0.25) is 0 Å². The molecule has 2 saturated heterocycles. The van der Waals surface area contributed by atoms with Crippen LogP contribution in [0, 0.1) is 13.8 Å². The molecule has 1 amide bonds. The van der Waals surface area contributed by atoms with E-state index in [0.29, 0.717) is 11.3 Å². The molecule has 0 radical (unpaired) electrons. The Morgan fingerprint density at radius 1 is 1.46 bits per heavy atom. The highest BCUT2D eigenvalue weighted by atomic mass is 32.2. The molecular formula is C18H20N2O3S. The lowest BCUT2D eigenvalue weighted by molar-refractivity contribution is 0.0516. The first kappa shape index (κ1) is 15.6. The average molecular weight is 344 g/mol. The Morgan fingerprint density at radius 2 is 2.29 bits per heavy atom. The Kier molecular flexibility index (Phi) is 3.79. The molecule has 24 heavy (non-hydrogen) atoms. The van der Waals surface area contributed by atoms with Crippen LogP contribution in [0.4, 0.5) is 0 Å². The zero-order valence-electron chi connectivity index (χ0n) is 13.8. The van der Waals surface area contributed by atoms with E-state index in [1.54, 1.807) is 12.4 Å². The molecule has 5 nitrogen and oxygen atoms in total. The fourth-order valence-electron chi connectivity index (χ4n) is 3.51. The maximum Gasteiger partial charge on any atom is 0.257 e. The van der Waals surface area contributed by atoms with Crippen molar-refractivity contribution in [3.8, 4) is 5.75 Å². The summed E-state index contributed by atoms with van der Waals surface area (Å²) in [7, 11) is 0. The Hall–Kier alpha value is -1.95. The van der Waals surface area contributed by atoms with Gasteiger partial charge in [-0.1, -0.05) is 0 Å². The second-order valence-electron chi connectivity index (χ2n) is 6.61. The number of carbonyl (C=O) groups excluding carboxylic acids is 1. The zero-order valence-corrected chi connectivity index (χ0v) is 14.6. The fourth-order valence-corrected chi connectivity index (χ4v) is 5.04. The maximum absolute atomic E-state index is 12.6. The zero-order chi connectivity index (χ0) is 16.7. The molecule has 2 aromatic heterocycles. The second kappa shape index (κ2) is 5.84. The van der Waals surface area contributed by atoms with Gasteiger partial charge < -0.3 is 14.1 Å². The van der Waals surface area contributed by atoms with Crippen LogP contribution < -0.4 is 4.74 Å². The molecule has 4 heterocycles. The van der Waals surface area contributed by atoms with Crippen molar-refractivity contribution in [2.24, 2.45) is 0 Å². The van der Waals surface area contributed by atoms with Crippen LogP contribution in [0.15, 0.2) is 35.0 Å². The summed E-state index contributed by atoms with van der Waals surface area (Å²) in [6.07, 6.45) is 4.65. The number of thioether (sulfide) groups is 1. The van der Waals surface area contributed by atoms with Crippen molar-refractivity contribution in [1.29, 1.82) is 0 Å². The van der Waals surface area contributed by atoms with E-state index in [1.165, 1.54) is 0 Å². The third-order valence-corrected chi connectivity index (χ3v) is 6.20. The lowest BCUT2D eigenvalue weighted by atomic mass is 9.92. The molecular weight excluding hydrogens is 324 g/mol. The van der Waals surface area contributed by atoms with Gasteiger partial charge >= 0.3 is 0 Å². The summed E-state index contributed by atoms with van der Waals surface area (Å²) in [5.74, 6) is 3.34. The topological polar surface area (TPSA) is 55.6 Å². The molecule has 2 aliphatic rings. The molecule has 2 aliphatic heterocycles. The maximum atomic E-state index is 12.6. The number of likely N-dealkylation sites (tertiary alicyclic amines) is 1. The molecule has 2 fully saturated rings. The van der Waals surface area contributed by atoms with Crippen LogP contribution in [0.3, 0.4) is 0 Å². The number of aromatic nitrogens is 1. The van der Waals surface area contributed by atoms with Crippen LogP contribution in [0.2, 0.25) is 0 Å². The Morgan fingerprint density at radius 3 is 2.96 bits per heavy atom. The molecule has 0 unspecified atom stereocenters. The van der Waals surface area contributed by atoms with Gasteiger partial charge in [-0.25, -0.2) is 0 Å². The number of furan rings is 1. The molecule has 4 rings (SSSR count). The molecule has 1 spiro atoms. The van der Waals surface area contributed by atoms with Gasteiger partial charge in [-0.2, -0.15) is 0 Å². The van der Waals surface area contributed by atoms with Crippen LogP contribution >= 0.6 is 11.8 Å². The molecule has 0 aliphatic carbocycles. The SMILES string of the molecule is Cc1cc(C(=O)N2CC3(C[C@H](Oc4cccnc4)CS3)C2)c(C)o1. The van der Waals surface area contributed by atoms with Gasteiger partial charge in [0.1, 0.15) is 23.4 Å². The molecule has 0 saturated carbocycles. The largest absolute Gasteiger partial charge is 0.488 e. The first-order valence-corrected chi connectivity index (χ1v) is 9.10. The predicted molar refractivity (Wildman–Crippen MR) is 92.5 cm³/mol. The van der Waals surface area contributed by atoms with Crippen molar-refractivity contribution in [3.05, 3.63) is 47.7 Å². The van der Waals surface area contributed by atoms with Gasteiger partial charge in [0.25, 0.3) is 5.91 Å². The van der Waals surface area contributed by atoms with E-state index in [9.17, 15) is 4.79 Å². The summed E-state index contributed by atoms with van der Waals surface area (Å²) in [6, 6.07) is 5.65. The minimum atomic E-state index is 0.0761. The molecule has 1 atom stereocenters. The van der Waals surface area contributed by atoms with Crippen molar-refractivity contribution in [2.45, 2.75) is 31.1 Å². The van der Waals surface area contributed by atoms with Crippen LogP contribution in [0.1, 0.15) is 28.3 Å². The number of rotatable bonds is 3. The normalized spacial score (nSPS) is 21.8. The van der Waals surface area contributed by atoms with E-state index < -0.39 is 0 Å². The summed E-state index contributed by atoms with van der Waals surface area (Å²) in [6.45, 7) is 5.28. The number of amides is 1.